The van der Waals surface area contributed by atoms with Gasteiger partial charge in [-0.05, 0) is 84.6 Å². The first-order valence-corrected chi connectivity index (χ1v) is 15.9. The largest absolute Gasteiger partial charge is 0.457 e. The Bertz CT molecular complexity index is 2340. The second-order valence-electron chi connectivity index (χ2n) is 13.2. The highest BCUT2D eigenvalue weighted by atomic mass is 16.5. The summed E-state index contributed by atoms with van der Waals surface area (Å²) < 4.78 is 6.88. The predicted molar refractivity (Wildman–Crippen MR) is 184 cm³/mol. The van der Waals surface area contributed by atoms with E-state index >= 15 is 0 Å². The molecular weight excluding hydrogens is 544 g/mol. The summed E-state index contributed by atoms with van der Waals surface area (Å²) in [4.78, 5) is 0. The van der Waals surface area contributed by atoms with Crippen LogP contribution in [-0.4, -0.2) is 0 Å². The van der Waals surface area contributed by atoms with E-state index in [0.29, 0.717) is 0 Å². The van der Waals surface area contributed by atoms with E-state index in [1.807, 2.05) is 0 Å². The van der Waals surface area contributed by atoms with Crippen LogP contribution >= 0.6 is 0 Å². The molecule has 0 bridgehead atoms. The van der Waals surface area contributed by atoms with Gasteiger partial charge < -0.3 is 4.74 Å². The van der Waals surface area contributed by atoms with Crippen LogP contribution in [0.25, 0.3) is 44.2 Å². The number of hydrogen-bond donors (Lipinski definition) is 0. The van der Waals surface area contributed by atoms with E-state index in [-0.39, 0.29) is 5.41 Å². The van der Waals surface area contributed by atoms with Crippen molar-refractivity contribution in [3.8, 4) is 44.9 Å². The fourth-order valence-electron chi connectivity index (χ4n) is 8.85. The number of fused-ring (bicyclic) bond motifs is 14. The molecule has 7 aromatic rings. The van der Waals surface area contributed by atoms with E-state index < -0.39 is 5.41 Å². The Morgan fingerprint density at radius 1 is 0.444 bits per heavy atom. The summed E-state index contributed by atoms with van der Waals surface area (Å²) in [5, 5.41) is 2.45. The average molecular weight is 575 g/mol. The molecule has 0 amide bonds. The van der Waals surface area contributed by atoms with Crippen molar-refractivity contribution in [2.24, 2.45) is 0 Å². The smallest absolute Gasteiger partial charge is 0.132 e. The van der Waals surface area contributed by atoms with Crippen LogP contribution in [0.15, 0.2) is 146 Å². The van der Waals surface area contributed by atoms with Crippen LogP contribution in [0.2, 0.25) is 0 Å². The minimum atomic E-state index is -0.526. The molecular formula is C44H30O. The van der Waals surface area contributed by atoms with E-state index in [1.54, 1.807) is 0 Å². The maximum Gasteiger partial charge on any atom is 0.132 e. The molecule has 45 heavy (non-hydrogen) atoms. The lowest BCUT2D eigenvalue weighted by atomic mass is 9.64. The fraction of sp³-hybridized carbons (Fsp3) is 0.0909. The van der Waals surface area contributed by atoms with Gasteiger partial charge in [0.05, 0.1) is 5.41 Å². The van der Waals surface area contributed by atoms with Crippen LogP contribution in [0.5, 0.6) is 11.5 Å². The van der Waals surface area contributed by atoms with Crippen molar-refractivity contribution in [1.82, 2.24) is 0 Å². The van der Waals surface area contributed by atoms with Crippen LogP contribution < -0.4 is 4.74 Å². The lowest BCUT2D eigenvalue weighted by Gasteiger charge is -2.40. The van der Waals surface area contributed by atoms with Gasteiger partial charge in [0, 0.05) is 16.5 Å². The summed E-state index contributed by atoms with van der Waals surface area (Å²) in [5.41, 5.74) is 15.0. The standard InChI is InChI=1S/C44H30O/c1-43(2)34-18-8-7-16-33(34)41-29(17-11-21-37(41)43)28-23-24-39-38(26-28)44(42-30-13-4-3-12-27(30)22-25-40(42)45-39)35-19-9-5-14-31(35)32-15-6-10-20-36(32)44/h3-26H,1-2H3. The maximum atomic E-state index is 6.88. The fourth-order valence-corrected chi connectivity index (χ4v) is 8.85. The molecule has 10 rings (SSSR count). The van der Waals surface area contributed by atoms with Crippen molar-refractivity contribution >= 4 is 10.8 Å². The molecule has 1 heterocycles. The van der Waals surface area contributed by atoms with E-state index in [1.165, 1.54) is 77.5 Å². The van der Waals surface area contributed by atoms with E-state index in [0.717, 1.165) is 11.5 Å². The number of rotatable bonds is 1. The van der Waals surface area contributed by atoms with Gasteiger partial charge in [0.2, 0.25) is 0 Å². The van der Waals surface area contributed by atoms with Crippen LogP contribution in [0.4, 0.5) is 0 Å². The molecule has 0 aromatic heterocycles. The zero-order valence-corrected chi connectivity index (χ0v) is 25.3. The number of ether oxygens (including phenoxy) is 1. The first-order chi connectivity index (χ1) is 22.1. The third-order valence-electron chi connectivity index (χ3n) is 10.7. The average Bonchev–Trinajstić information content (AvgIpc) is 3.51. The molecule has 1 spiro atoms. The minimum Gasteiger partial charge on any atom is -0.457 e. The van der Waals surface area contributed by atoms with E-state index in [4.69, 9.17) is 4.74 Å². The Balaban J connectivity index is 1.33. The van der Waals surface area contributed by atoms with Gasteiger partial charge in [-0.15, -0.1) is 0 Å². The monoisotopic (exact) mass is 574 g/mol. The van der Waals surface area contributed by atoms with Gasteiger partial charge >= 0.3 is 0 Å². The molecule has 0 N–H and O–H groups in total. The molecule has 1 heteroatoms. The SMILES string of the molecule is CC1(C)c2ccccc2-c2c(-c3ccc4c(c3)C3(c5ccccc5-c5ccccc53)c3c(ccc5ccccc35)O4)cccc21. The third-order valence-corrected chi connectivity index (χ3v) is 10.7. The molecule has 0 unspecified atom stereocenters. The lowest BCUT2D eigenvalue weighted by molar-refractivity contribution is 0.438. The summed E-state index contributed by atoms with van der Waals surface area (Å²) in [6.07, 6.45) is 0. The molecule has 212 valence electrons. The minimum absolute atomic E-state index is 0.0539. The predicted octanol–water partition coefficient (Wildman–Crippen LogP) is 11.3. The summed E-state index contributed by atoms with van der Waals surface area (Å²) in [5.74, 6) is 1.85. The Kier molecular flexibility index (Phi) is 4.78. The topological polar surface area (TPSA) is 9.23 Å². The highest BCUT2D eigenvalue weighted by Gasteiger charge is 2.52. The van der Waals surface area contributed by atoms with Crippen molar-refractivity contribution in [2.75, 3.05) is 0 Å². The van der Waals surface area contributed by atoms with Crippen LogP contribution in [0.3, 0.4) is 0 Å². The number of benzene rings is 7. The molecule has 0 saturated carbocycles. The molecule has 3 aliphatic rings. The van der Waals surface area contributed by atoms with Crippen molar-refractivity contribution in [1.29, 1.82) is 0 Å². The maximum absolute atomic E-state index is 6.88. The highest BCUT2D eigenvalue weighted by molar-refractivity contribution is 5.98. The van der Waals surface area contributed by atoms with Crippen molar-refractivity contribution in [2.45, 2.75) is 24.7 Å². The van der Waals surface area contributed by atoms with Gasteiger partial charge in [-0.3, -0.25) is 0 Å². The molecule has 1 aliphatic heterocycles. The van der Waals surface area contributed by atoms with Gasteiger partial charge in [0.25, 0.3) is 0 Å². The molecule has 0 saturated heterocycles. The molecule has 0 fully saturated rings. The van der Waals surface area contributed by atoms with Crippen molar-refractivity contribution in [3.63, 3.8) is 0 Å². The van der Waals surface area contributed by atoms with Crippen molar-refractivity contribution < 1.29 is 4.74 Å². The van der Waals surface area contributed by atoms with Crippen LogP contribution in [-0.2, 0) is 10.8 Å². The third kappa shape index (κ3) is 3.03. The van der Waals surface area contributed by atoms with Gasteiger partial charge in [-0.1, -0.05) is 141 Å². The van der Waals surface area contributed by atoms with Crippen LogP contribution in [0.1, 0.15) is 47.2 Å². The Morgan fingerprint density at radius 3 is 1.82 bits per heavy atom. The van der Waals surface area contributed by atoms with Gasteiger partial charge in [-0.2, -0.15) is 0 Å². The Morgan fingerprint density at radius 2 is 1.04 bits per heavy atom. The lowest BCUT2D eigenvalue weighted by Crippen LogP contribution is -2.32. The number of hydrogen-bond acceptors (Lipinski definition) is 1. The van der Waals surface area contributed by atoms with Crippen molar-refractivity contribution in [3.05, 3.63) is 179 Å². The normalized spacial score (nSPS) is 15.4. The summed E-state index contributed by atoms with van der Waals surface area (Å²) in [6, 6.07) is 53.8. The summed E-state index contributed by atoms with van der Waals surface area (Å²) in [7, 11) is 0. The summed E-state index contributed by atoms with van der Waals surface area (Å²) >= 11 is 0. The first kappa shape index (κ1) is 25.0. The Labute approximate surface area is 263 Å². The molecule has 2 aliphatic carbocycles. The highest BCUT2D eigenvalue weighted by Crippen LogP contribution is 2.64. The molecule has 0 atom stereocenters. The second-order valence-corrected chi connectivity index (χ2v) is 13.2. The van der Waals surface area contributed by atoms with Crippen LogP contribution in [0, 0.1) is 0 Å². The zero-order chi connectivity index (χ0) is 29.9. The molecule has 0 radical (unpaired) electrons. The van der Waals surface area contributed by atoms with Gasteiger partial charge in [-0.25, -0.2) is 0 Å². The first-order valence-electron chi connectivity index (χ1n) is 15.9. The van der Waals surface area contributed by atoms with E-state index in [2.05, 4.69) is 159 Å². The summed E-state index contributed by atoms with van der Waals surface area (Å²) in [6.45, 7) is 4.71. The van der Waals surface area contributed by atoms with E-state index in [9.17, 15) is 0 Å². The van der Waals surface area contributed by atoms with Gasteiger partial charge in [0.15, 0.2) is 0 Å². The zero-order valence-electron chi connectivity index (χ0n) is 25.3. The second kappa shape index (κ2) is 8.61. The molecule has 7 aromatic carbocycles. The Hall–Kier alpha value is -5.40. The van der Waals surface area contributed by atoms with Gasteiger partial charge in [0.1, 0.15) is 11.5 Å². The molecule has 1 nitrogen and oxygen atoms in total. The quantitative estimate of drug-likeness (QED) is 0.189.